The fraction of sp³-hybridized carbons (Fsp3) is 0.438. The van der Waals surface area contributed by atoms with Crippen molar-refractivity contribution >= 4 is 18.5 Å². The van der Waals surface area contributed by atoms with Gasteiger partial charge in [-0.1, -0.05) is 43.0 Å². The van der Waals surface area contributed by atoms with E-state index in [1.54, 1.807) is 0 Å². The molecule has 1 unspecified atom stereocenters. The number of nitrogens with zero attached hydrogens (tertiary/aromatic N) is 1. The van der Waals surface area contributed by atoms with Crippen LogP contribution < -0.4 is 5.32 Å². The quantitative estimate of drug-likeness (QED) is 0.829. The largest absolute Gasteiger partial charge is 0.450 e. The normalized spacial score (nSPS) is 26.5. The maximum atomic E-state index is 12.5. The first-order valence-corrected chi connectivity index (χ1v) is 7.83. The summed E-state index contributed by atoms with van der Waals surface area (Å²) in [6, 6.07) is 9.88. The van der Waals surface area contributed by atoms with Crippen molar-refractivity contribution in [3.8, 4) is 0 Å². The Morgan fingerprint density at radius 2 is 1.95 bits per heavy atom. The van der Waals surface area contributed by atoms with Crippen LogP contribution in [-0.2, 0) is 20.7 Å². The van der Waals surface area contributed by atoms with Gasteiger partial charge in [0.1, 0.15) is 5.76 Å². The van der Waals surface area contributed by atoms with E-state index < -0.39 is 5.18 Å². The van der Waals surface area contributed by atoms with E-state index in [0.717, 1.165) is 5.56 Å². The van der Waals surface area contributed by atoms with Gasteiger partial charge in [-0.3, -0.25) is 10.1 Å². The van der Waals surface area contributed by atoms with E-state index in [-0.39, 0.29) is 5.91 Å². The van der Waals surface area contributed by atoms with Crippen LogP contribution in [-0.4, -0.2) is 42.3 Å². The van der Waals surface area contributed by atoms with E-state index >= 15 is 0 Å². The van der Waals surface area contributed by atoms with E-state index in [9.17, 15) is 4.79 Å². The Bertz CT molecular complexity index is 584. The zero-order chi connectivity index (χ0) is 15.6. The highest BCUT2D eigenvalue weighted by Gasteiger charge is 2.42. The molecular formula is C16H20N2O3S. The predicted octanol–water partition coefficient (Wildman–Crippen LogP) is 1.52. The minimum absolute atomic E-state index is 0.130. The highest BCUT2D eigenvalue weighted by atomic mass is 32.1. The van der Waals surface area contributed by atoms with Crippen LogP contribution in [0.2, 0.25) is 0 Å². The monoisotopic (exact) mass is 320 g/mol. The molecule has 1 saturated heterocycles. The van der Waals surface area contributed by atoms with Crippen LogP contribution in [0.5, 0.6) is 0 Å². The van der Waals surface area contributed by atoms with Crippen molar-refractivity contribution in [2.75, 3.05) is 26.3 Å². The molecule has 5 nitrogen and oxygen atoms in total. The molecule has 1 amide bonds. The Hall–Kier alpha value is -1.50. The molecule has 0 bridgehead atoms. The standard InChI is InChI=1S/C16H20N2O3S/c1-12-14(11-13-5-3-2-4-6-13)15(19)17-16(22,21-12)18-7-9-20-10-8-18/h2-6,22H,7-11H2,1H3,(H,17,19). The second-order valence-corrected chi connectivity index (χ2v) is 6.07. The molecule has 6 heteroatoms. The molecule has 2 aliphatic heterocycles. The Morgan fingerprint density at radius 3 is 2.59 bits per heavy atom. The van der Waals surface area contributed by atoms with E-state index in [1.807, 2.05) is 42.2 Å². The molecule has 0 radical (unpaired) electrons. The van der Waals surface area contributed by atoms with E-state index in [1.165, 1.54) is 0 Å². The number of ether oxygens (including phenoxy) is 2. The lowest BCUT2D eigenvalue weighted by Gasteiger charge is -2.44. The predicted molar refractivity (Wildman–Crippen MR) is 86.2 cm³/mol. The summed E-state index contributed by atoms with van der Waals surface area (Å²) >= 11 is 4.56. The highest BCUT2D eigenvalue weighted by molar-refractivity contribution is 7.81. The van der Waals surface area contributed by atoms with Crippen molar-refractivity contribution in [2.45, 2.75) is 18.5 Å². The first kappa shape index (κ1) is 15.4. The molecule has 0 saturated carbocycles. The Kier molecular flexibility index (Phi) is 4.42. The van der Waals surface area contributed by atoms with Crippen LogP contribution >= 0.6 is 12.6 Å². The molecule has 3 rings (SSSR count). The minimum Gasteiger partial charge on any atom is -0.450 e. The SMILES string of the molecule is CC1=C(Cc2ccccc2)C(=O)NC(S)(N2CCOCC2)O1. The van der Waals surface area contributed by atoms with Gasteiger partial charge < -0.3 is 9.47 Å². The zero-order valence-electron chi connectivity index (χ0n) is 12.5. The lowest BCUT2D eigenvalue weighted by atomic mass is 10.0. The average Bonchev–Trinajstić information content (AvgIpc) is 2.53. The van der Waals surface area contributed by atoms with Crippen LogP contribution in [0.4, 0.5) is 0 Å². The van der Waals surface area contributed by atoms with Gasteiger partial charge in [-0.15, -0.1) is 0 Å². The lowest BCUT2D eigenvalue weighted by molar-refractivity contribution is -0.146. The number of benzene rings is 1. The van der Waals surface area contributed by atoms with Gasteiger partial charge in [0.25, 0.3) is 11.1 Å². The third-order valence-electron chi connectivity index (χ3n) is 3.93. The van der Waals surface area contributed by atoms with Gasteiger partial charge in [0.05, 0.1) is 18.8 Å². The molecule has 1 atom stereocenters. The zero-order valence-corrected chi connectivity index (χ0v) is 13.4. The van der Waals surface area contributed by atoms with Gasteiger partial charge >= 0.3 is 0 Å². The molecule has 1 aromatic carbocycles. The molecule has 1 N–H and O–H groups in total. The molecule has 118 valence electrons. The van der Waals surface area contributed by atoms with Gasteiger partial charge in [0.2, 0.25) is 0 Å². The van der Waals surface area contributed by atoms with Crippen LogP contribution in [0.15, 0.2) is 41.7 Å². The number of morpholine rings is 1. The number of hydrogen-bond donors (Lipinski definition) is 2. The van der Waals surface area contributed by atoms with Gasteiger partial charge in [0.15, 0.2) is 0 Å². The molecule has 22 heavy (non-hydrogen) atoms. The molecule has 0 aliphatic carbocycles. The van der Waals surface area contributed by atoms with Crippen molar-refractivity contribution in [3.63, 3.8) is 0 Å². The third kappa shape index (κ3) is 3.14. The van der Waals surface area contributed by atoms with Crippen molar-refractivity contribution < 1.29 is 14.3 Å². The molecular weight excluding hydrogens is 300 g/mol. The maximum Gasteiger partial charge on any atom is 0.291 e. The van der Waals surface area contributed by atoms with Crippen LogP contribution in [0.1, 0.15) is 12.5 Å². The fourth-order valence-corrected chi connectivity index (χ4v) is 3.14. The Labute approximate surface area is 135 Å². The Balaban J connectivity index is 1.79. The summed E-state index contributed by atoms with van der Waals surface area (Å²) in [5.74, 6) is 0.489. The van der Waals surface area contributed by atoms with E-state index in [0.29, 0.717) is 44.1 Å². The highest BCUT2D eigenvalue weighted by Crippen LogP contribution is 2.30. The molecule has 2 heterocycles. The topological polar surface area (TPSA) is 50.8 Å². The summed E-state index contributed by atoms with van der Waals surface area (Å²) in [5, 5.41) is 1.79. The van der Waals surface area contributed by atoms with E-state index in [2.05, 4.69) is 17.9 Å². The number of nitrogens with one attached hydrogen (secondary N) is 1. The Morgan fingerprint density at radius 1 is 1.27 bits per heavy atom. The van der Waals surface area contributed by atoms with Crippen LogP contribution in [0.3, 0.4) is 0 Å². The third-order valence-corrected chi connectivity index (χ3v) is 4.42. The summed E-state index contributed by atoms with van der Waals surface area (Å²) in [4.78, 5) is 14.5. The molecule has 0 aromatic heterocycles. The van der Waals surface area contributed by atoms with Crippen molar-refractivity contribution in [2.24, 2.45) is 0 Å². The number of carbonyl (C=O) groups is 1. The van der Waals surface area contributed by atoms with Gasteiger partial charge in [0, 0.05) is 19.5 Å². The number of carbonyl (C=O) groups excluding carboxylic acids is 1. The second kappa shape index (κ2) is 6.32. The number of rotatable bonds is 3. The molecule has 1 aromatic rings. The first-order valence-electron chi connectivity index (χ1n) is 7.39. The van der Waals surface area contributed by atoms with Crippen LogP contribution in [0, 0.1) is 0 Å². The number of hydrogen-bond acceptors (Lipinski definition) is 5. The number of allylic oxidation sites excluding steroid dienone is 1. The summed E-state index contributed by atoms with van der Waals surface area (Å²) in [6.45, 7) is 4.39. The molecule has 0 spiro atoms. The average molecular weight is 320 g/mol. The smallest absolute Gasteiger partial charge is 0.291 e. The lowest BCUT2D eigenvalue weighted by Crippen LogP contribution is -2.63. The first-order chi connectivity index (χ1) is 10.6. The van der Waals surface area contributed by atoms with Crippen LogP contribution in [0.25, 0.3) is 0 Å². The molecule has 2 aliphatic rings. The summed E-state index contributed by atoms with van der Waals surface area (Å²) in [5.41, 5.74) is 1.72. The fourth-order valence-electron chi connectivity index (χ4n) is 2.70. The molecule has 1 fully saturated rings. The summed E-state index contributed by atoms with van der Waals surface area (Å²) in [7, 11) is 0. The van der Waals surface area contributed by atoms with Crippen molar-refractivity contribution in [3.05, 3.63) is 47.2 Å². The second-order valence-electron chi connectivity index (χ2n) is 5.46. The number of thiol groups is 1. The van der Waals surface area contributed by atoms with Gasteiger partial charge in [-0.2, -0.15) is 0 Å². The summed E-state index contributed by atoms with van der Waals surface area (Å²) < 4.78 is 11.3. The van der Waals surface area contributed by atoms with Gasteiger partial charge in [-0.05, 0) is 12.5 Å². The maximum absolute atomic E-state index is 12.5. The van der Waals surface area contributed by atoms with Gasteiger partial charge in [-0.25, -0.2) is 4.90 Å². The van der Waals surface area contributed by atoms with Crippen molar-refractivity contribution in [1.29, 1.82) is 0 Å². The minimum atomic E-state index is -1.09. The van der Waals surface area contributed by atoms with E-state index in [4.69, 9.17) is 9.47 Å². The summed E-state index contributed by atoms with van der Waals surface area (Å²) in [6.07, 6.45) is 0.547. The number of amides is 1. The van der Waals surface area contributed by atoms with Crippen molar-refractivity contribution in [1.82, 2.24) is 10.2 Å².